The number of carbonyl (C=O) groups is 1. The van der Waals surface area contributed by atoms with Crippen LogP contribution in [0.15, 0.2) is 18.2 Å². The van der Waals surface area contributed by atoms with Gasteiger partial charge in [0.05, 0.1) is 31.9 Å². The van der Waals surface area contributed by atoms with Gasteiger partial charge in [0, 0.05) is 13.1 Å². The van der Waals surface area contributed by atoms with Crippen LogP contribution in [-0.2, 0) is 4.74 Å². The van der Waals surface area contributed by atoms with E-state index in [1.165, 1.54) is 0 Å². The molecule has 0 saturated carbocycles. The number of rotatable bonds is 4. The highest BCUT2D eigenvalue weighted by molar-refractivity contribution is 6.00. The molecular weight excluding hydrogens is 242 g/mol. The van der Waals surface area contributed by atoms with Gasteiger partial charge in [-0.25, -0.2) is 0 Å². The van der Waals surface area contributed by atoms with Crippen molar-refractivity contribution in [3.8, 4) is 5.75 Å². The highest BCUT2D eigenvalue weighted by atomic mass is 16.5. The second kappa shape index (κ2) is 6.17. The first-order chi connectivity index (χ1) is 9.10. The lowest BCUT2D eigenvalue weighted by molar-refractivity contribution is -0.0158. The van der Waals surface area contributed by atoms with Crippen LogP contribution in [-0.4, -0.2) is 50.1 Å². The Morgan fingerprint density at radius 1 is 1.53 bits per heavy atom. The number of Topliss-reactive ketones (excluding diaryl/α,β-unsaturated/α-hetero) is 1. The number of methoxy groups -OCH3 is 1. The summed E-state index contributed by atoms with van der Waals surface area (Å²) in [6, 6.07) is 5.70. The minimum atomic E-state index is 0.106. The predicted octanol–water partition coefficient (Wildman–Crippen LogP) is 1.91. The average molecular weight is 263 g/mol. The van der Waals surface area contributed by atoms with E-state index >= 15 is 0 Å². The van der Waals surface area contributed by atoms with Crippen LogP contribution < -0.4 is 4.74 Å². The van der Waals surface area contributed by atoms with Crippen LogP contribution in [0, 0.1) is 6.92 Å². The predicted molar refractivity (Wildman–Crippen MR) is 73.9 cm³/mol. The molecule has 4 nitrogen and oxygen atoms in total. The van der Waals surface area contributed by atoms with Gasteiger partial charge in [-0.15, -0.1) is 0 Å². The van der Waals surface area contributed by atoms with Crippen LogP contribution >= 0.6 is 0 Å². The van der Waals surface area contributed by atoms with E-state index in [0.29, 0.717) is 24.5 Å². The quantitative estimate of drug-likeness (QED) is 0.778. The summed E-state index contributed by atoms with van der Waals surface area (Å²) in [6.07, 6.45) is 0.195. The highest BCUT2D eigenvalue weighted by Gasteiger charge is 2.21. The Balaban J connectivity index is 2.09. The van der Waals surface area contributed by atoms with E-state index in [-0.39, 0.29) is 11.9 Å². The zero-order chi connectivity index (χ0) is 13.8. The monoisotopic (exact) mass is 263 g/mol. The summed E-state index contributed by atoms with van der Waals surface area (Å²) in [4.78, 5) is 14.5. The van der Waals surface area contributed by atoms with E-state index in [4.69, 9.17) is 9.47 Å². The molecule has 19 heavy (non-hydrogen) atoms. The molecule has 0 aliphatic carbocycles. The van der Waals surface area contributed by atoms with Gasteiger partial charge in [-0.1, -0.05) is 11.6 Å². The third-order valence-corrected chi connectivity index (χ3v) is 3.35. The summed E-state index contributed by atoms with van der Waals surface area (Å²) in [6.45, 7) is 6.74. The summed E-state index contributed by atoms with van der Waals surface area (Å²) in [5.41, 5.74) is 1.74. The van der Waals surface area contributed by atoms with Gasteiger partial charge in [0.25, 0.3) is 0 Å². The lowest BCUT2D eigenvalue weighted by Crippen LogP contribution is -2.43. The Hall–Kier alpha value is -1.39. The summed E-state index contributed by atoms with van der Waals surface area (Å²) < 4.78 is 10.7. The van der Waals surface area contributed by atoms with Gasteiger partial charge in [-0.3, -0.25) is 9.69 Å². The number of morpholine rings is 1. The molecule has 1 fully saturated rings. The molecule has 0 amide bonds. The maximum Gasteiger partial charge on any atom is 0.180 e. The van der Waals surface area contributed by atoms with Crippen molar-refractivity contribution in [3.05, 3.63) is 29.3 Å². The van der Waals surface area contributed by atoms with Crippen LogP contribution in [0.1, 0.15) is 22.8 Å². The van der Waals surface area contributed by atoms with Crippen LogP contribution in [0.4, 0.5) is 0 Å². The topological polar surface area (TPSA) is 38.8 Å². The summed E-state index contributed by atoms with van der Waals surface area (Å²) in [5, 5.41) is 0. The molecule has 4 heteroatoms. The minimum absolute atomic E-state index is 0.106. The standard InChI is InChI=1S/C15H21NO3/c1-11-4-5-15(18-3)13(8-11)14(17)10-16-6-7-19-12(2)9-16/h4-5,8,12H,6-7,9-10H2,1-3H3. The zero-order valence-corrected chi connectivity index (χ0v) is 11.8. The zero-order valence-electron chi connectivity index (χ0n) is 11.8. The second-order valence-corrected chi connectivity index (χ2v) is 5.04. The fraction of sp³-hybridized carbons (Fsp3) is 0.533. The van der Waals surface area contributed by atoms with Crippen LogP contribution in [0.3, 0.4) is 0 Å². The molecule has 1 aromatic rings. The van der Waals surface area contributed by atoms with Gasteiger partial charge in [0.2, 0.25) is 0 Å². The molecule has 1 aliphatic heterocycles. The number of ether oxygens (including phenoxy) is 2. The second-order valence-electron chi connectivity index (χ2n) is 5.04. The first-order valence-corrected chi connectivity index (χ1v) is 6.62. The fourth-order valence-electron chi connectivity index (χ4n) is 2.36. The molecule has 1 heterocycles. The minimum Gasteiger partial charge on any atom is -0.496 e. The first-order valence-electron chi connectivity index (χ1n) is 6.62. The molecule has 0 bridgehead atoms. The Labute approximate surface area is 114 Å². The van der Waals surface area contributed by atoms with E-state index in [0.717, 1.165) is 18.7 Å². The van der Waals surface area contributed by atoms with Gasteiger partial charge in [-0.2, -0.15) is 0 Å². The number of aryl methyl sites for hydroxylation is 1. The van der Waals surface area contributed by atoms with Crippen LogP contribution in [0.5, 0.6) is 5.75 Å². The summed E-state index contributed by atoms with van der Waals surface area (Å²) in [7, 11) is 1.60. The highest BCUT2D eigenvalue weighted by Crippen LogP contribution is 2.20. The Kier molecular flexibility index (Phi) is 4.56. The molecular formula is C15H21NO3. The van der Waals surface area contributed by atoms with Gasteiger partial charge < -0.3 is 9.47 Å². The maximum atomic E-state index is 12.4. The van der Waals surface area contributed by atoms with E-state index < -0.39 is 0 Å². The van der Waals surface area contributed by atoms with Gasteiger partial charge in [0.1, 0.15) is 5.75 Å². The molecule has 0 spiro atoms. The molecule has 2 rings (SSSR count). The van der Waals surface area contributed by atoms with E-state index in [2.05, 4.69) is 4.90 Å². The maximum absolute atomic E-state index is 12.4. The number of hydrogen-bond acceptors (Lipinski definition) is 4. The third kappa shape index (κ3) is 3.55. The van der Waals surface area contributed by atoms with Crippen molar-refractivity contribution in [2.24, 2.45) is 0 Å². The normalized spacial score (nSPS) is 20.3. The van der Waals surface area contributed by atoms with Crippen molar-refractivity contribution >= 4 is 5.78 Å². The van der Waals surface area contributed by atoms with Gasteiger partial charge in [-0.05, 0) is 26.0 Å². The number of ketones is 1. The van der Waals surface area contributed by atoms with Crippen LogP contribution in [0.25, 0.3) is 0 Å². The molecule has 0 N–H and O–H groups in total. The van der Waals surface area contributed by atoms with Crippen LogP contribution in [0.2, 0.25) is 0 Å². The van der Waals surface area contributed by atoms with Crippen molar-refractivity contribution in [1.82, 2.24) is 4.90 Å². The molecule has 1 unspecified atom stereocenters. The number of hydrogen-bond donors (Lipinski definition) is 0. The molecule has 1 atom stereocenters. The van der Waals surface area contributed by atoms with Crippen molar-refractivity contribution in [3.63, 3.8) is 0 Å². The average Bonchev–Trinajstić information content (AvgIpc) is 2.38. The molecule has 104 valence electrons. The smallest absolute Gasteiger partial charge is 0.180 e. The number of nitrogens with zero attached hydrogens (tertiary/aromatic N) is 1. The van der Waals surface area contributed by atoms with Crippen molar-refractivity contribution in [1.29, 1.82) is 0 Å². The van der Waals surface area contributed by atoms with Crippen molar-refractivity contribution in [2.45, 2.75) is 20.0 Å². The van der Waals surface area contributed by atoms with E-state index in [9.17, 15) is 4.79 Å². The largest absolute Gasteiger partial charge is 0.496 e. The molecule has 0 aromatic heterocycles. The SMILES string of the molecule is COc1ccc(C)cc1C(=O)CN1CCOC(C)C1. The lowest BCUT2D eigenvalue weighted by Gasteiger charge is -2.30. The first kappa shape index (κ1) is 14.0. The number of carbonyl (C=O) groups excluding carboxylic acids is 1. The van der Waals surface area contributed by atoms with Gasteiger partial charge >= 0.3 is 0 Å². The molecule has 1 saturated heterocycles. The third-order valence-electron chi connectivity index (χ3n) is 3.35. The van der Waals surface area contributed by atoms with E-state index in [1.54, 1.807) is 7.11 Å². The lowest BCUT2D eigenvalue weighted by atomic mass is 10.1. The number of benzene rings is 1. The van der Waals surface area contributed by atoms with Crippen molar-refractivity contribution < 1.29 is 14.3 Å². The molecule has 1 aromatic carbocycles. The summed E-state index contributed by atoms with van der Waals surface area (Å²) in [5.74, 6) is 0.756. The van der Waals surface area contributed by atoms with Gasteiger partial charge in [0.15, 0.2) is 5.78 Å². The Morgan fingerprint density at radius 2 is 2.32 bits per heavy atom. The molecule has 1 aliphatic rings. The van der Waals surface area contributed by atoms with E-state index in [1.807, 2.05) is 32.0 Å². The fourth-order valence-corrected chi connectivity index (χ4v) is 2.36. The molecule has 0 radical (unpaired) electrons. The van der Waals surface area contributed by atoms with Crippen molar-refractivity contribution in [2.75, 3.05) is 33.4 Å². The summed E-state index contributed by atoms with van der Waals surface area (Å²) >= 11 is 0. The Bertz CT molecular complexity index is 459. The Morgan fingerprint density at radius 3 is 3.00 bits per heavy atom.